The molecule has 196 valence electrons. The van der Waals surface area contributed by atoms with Crippen LogP contribution in [0.5, 0.6) is 0 Å². The number of piperidine rings is 1. The summed E-state index contributed by atoms with van der Waals surface area (Å²) in [5.41, 5.74) is 0. The van der Waals surface area contributed by atoms with Crippen molar-refractivity contribution in [3.63, 3.8) is 0 Å². The minimum atomic E-state index is -0.181. The van der Waals surface area contributed by atoms with Gasteiger partial charge in [-0.15, -0.1) is 0 Å². The van der Waals surface area contributed by atoms with Gasteiger partial charge in [-0.2, -0.15) is 0 Å². The Labute approximate surface area is 208 Å². The van der Waals surface area contributed by atoms with Crippen LogP contribution in [-0.2, 0) is 9.47 Å². The highest BCUT2D eigenvalue weighted by molar-refractivity contribution is 4.99. The number of ether oxygens (including phenoxy) is 2. The zero-order valence-electron chi connectivity index (χ0n) is 21.7. The van der Waals surface area contributed by atoms with Crippen LogP contribution in [-0.4, -0.2) is 71.9 Å². The largest absolute Gasteiger partial charge is 0.393 e. The average molecular weight is 478 g/mol. The lowest BCUT2D eigenvalue weighted by molar-refractivity contribution is -0.205. The lowest BCUT2D eigenvalue weighted by Gasteiger charge is -2.54. The molecule has 0 amide bonds. The summed E-state index contributed by atoms with van der Waals surface area (Å²) in [6, 6.07) is 0. The zero-order chi connectivity index (χ0) is 23.5. The van der Waals surface area contributed by atoms with Crippen molar-refractivity contribution in [2.45, 2.75) is 127 Å². The molecule has 3 saturated carbocycles. The lowest BCUT2D eigenvalue weighted by atomic mass is 9.60. The first-order valence-corrected chi connectivity index (χ1v) is 14.9. The van der Waals surface area contributed by atoms with Crippen LogP contribution < -0.4 is 0 Å². The summed E-state index contributed by atoms with van der Waals surface area (Å²) in [7, 11) is 0. The molecule has 5 aliphatic rings. The van der Waals surface area contributed by atoms with E-state index in [0.29, 0.717) is 41.8 Å². The van der Waals surface area contributed by atoms with Crippen LogP contribution in [0, 0.1) is 29.6 Å². The van der Waals surface area contributed by atoms with Crippen molar-refractivity contribution in [1.82, 2.24) is 4.90 Å². The fraction of sp³-hybridized carbons (Fsp3) is 1.00. The molecule has 0 aromatic rings. The van der Waals surface area contributed by atoms with E-state index >= 15 is 0 Å². The molecule has 2 N–H and O–H groups in total. The van der Waals surface area contributed by atoms with Gasteiger partial charge in [0, 0.05) is 6.54 Å². The molecule has 0 aromatic carbocycles. The van der Waals surface area contributed by atoms with Gasteiger partial charge in [0.05, 0.1) is 37.1 Å². The van der Waals surface area contributed by atoms with Crippen LogP contribution in [0.4, 0.5) is 0 Å². The van der Waals surface area contributed by atoms with Gasteiger partial charge in [-0.05, 0) is 126 Å². The first-order valence-electron chi connectivity index (χ1n) is 14.9. The van der Waals surface area contributed by atoms with E-state index in [1.165, 1.54) is 58.0 Å². The summed E-state index contributed by atoms with van der Waals surface area (Å²) in [4.78, 5) is 2.58. The highest BCUT2D eigenvalue weighted by Gasteiger charge is 2.50. The van der Waals surface area contributed by atoms with Crippen molar-refractivity contribution in [2.75, 3.05) is 26.2 Å². The van der Waals surface area contributed by atoms with Crippen molar-refractivity contribution < 1.29 is 19.7 Å². The van der Waals surface area contributed by atoms with Crippen molar-refractivity contribution in [1.29, 1.82) is 0 Å². The highest BCUT2D eigenvalue weighted by Crippen LogP contribution is 2.51. The lowest BCUT2D eigenvalue weighted by Crippen LogP contribution is -2.55. The number of aliphatic hydroxyl groups is 2. The molecule has 6 atom stereocenters. The molecule has 6 unspecified atom stereocenters. The molecule has 0 bridgehead atoms. The number of likely N-dealkylation sites (tertiary alicyclic amines) is 1. The Morgan fingerprint density at radius 3 is 2.21 bits per heavy atom. The summed E-state index contributed by atoms with van der Waals surface area (Å²) < 4.78 is 13.3. The Morgan fingerprint density at radius 1 is 0.794 bits per heavy atom. The molecule has 5 heteroatoms. The van der Waals surface area contributed by atoms with Gasteiger partial charge in [0.25, 0.3) is 0 Å². The van der Waals surface area contributed by atoms with Gasteiger partial charge in [-0.1, -0.05) is 13.3 Å². The second-order valence-electron chi connectivity index (χ2n) is 12.6. The SMILES string of the molecule is CC1C2CCC(O)CC2OC(C2CCC(OCCN3CCCCC3)CC2)C1C1CCC(O)CC1. The second-order valence-corrected chi connectivity index (χ2v) is 12.6. The van der Waals surface area contributed by atoms with E-state index in [-0.39, 0.29) is 18.3 Å². The molecule has 2 aliphatic heterocycles. The molecule has 5 fully saturated rings. The molecule has 0 radical (unpaired) electrons. The van der Waals surface area contributed by atoms with Crippen molar-refractivity contribution >= 4 is 0 Å². The molecule has 5 rings (SSSR count). The number of hydrogen-bond acceptors (Lipinski definition) is 5. The third kappa shape index (κ3) is 6.02. The first-order chi connectivity index (χ1) is 16.6. The highest BCUT2D eigenvalue weighted by atomic mass is 16.5. The standard InChI is InChI=1S/C29H51NO4/c1-20-26-14-11-24(32)19-27(26)34-29(28(20)21-5-9-23(31)10-6-21)22-7-12-25(13-8-22)33-18-17-30-15-3-2-4-16-30/h20-29,31-32H,2-19H2,1H3. The monoisotopic (exact) mass is 477 g/mol. The first kappa shape index (κ1) is 25.4. The van der Waals surface area contributed by atoms with Crippen molar-refractivity contribution in [3.8, 4) is 0 Å². The molecule has 2 heterocycles. The molecule has 34 heavy (non-hydrogen) atoms. The maximum absolute atomic E-state index is 10.4. The van der Waals surface area contributed by atoms with E-state index in [9.17, 15) is 10.2 Å². The Hall–Kier alpha value is -0.200. The van der Waals surface area contributed by atoms with E-state index in [4.69, 9.17) is 9.47 Å². The minimum absolute atomic E-state index is 0.0929. The number of fused-ring (bicyclic) bond motifs is 1. The number of hydrogen-bond donors (Lipinski definition) is 2. The van der Waals surface area contributed by atoms with Crippen LogP contribution in [0.3, 0.4) is 0 Å². The molecular weight excluding hydrogens is 426 g/mol. The summed E-state index contributed by atoms with van der Waals surface area (Å²) >= 11 is 0. The number of aliphatic hydroxyl groups excluding tert-OH is 2. The van der Waals surface area contributed by atoms with Gasteiger partial charge in [0.15, 0.2) is 0 Å². The normalized spacial score (nSPS) is 46.7. The van der Waals surface area contributed by atoms with E-state index in [0.717, 1.165) is 58.1 Å². The molecule has 0 aromatic heterocycles. The molecule has 0 spiro atoms. The molecular formula is C29H51NO4. The van der Waals surface area contributed by atoms with E-state index in [1.807, 2.05) is 0 Å². The van der Waals surface area contributed by atoms with Gasteiger partial charge in [0.2, 0.25) is 0 Å². The predicted octanol–water partition coefficient (Wildman–Crippen LogP) is 4.78. The van der Waals surface area contributed by atoms with Crippen LogP contribution >= 0.6 is 0 Å². The zero-order valence-corrected chi connectivity index (χ0v) is 21.7. The third-order valence-corrected chi connectivity index (χ3v) is 10.5. The Bertz CT molecular complexity index is 609. The topological polar surface area (TPSA) is 62.2 Å². The van der Waals surface area contributed by atoms with E-state index in [1.54, 1.807) is 0 Å². The fourth-order valence-electron chi connectivity index (χ4n) is 8.49. The van der Waals surface area contributed by atoms with Gasteiger partial charge < -0.3 is 24.6 Å². The quantitative estimate of drug-likeness (QED) is 0.576. The summed E-state index contributed by atoms with van der Waals surface area (Å²) in [5.74, 6) is 3.20. The maximum atomic E-state index is 10.4. The van der Waals surface area contributed by atoms with Gasteiger partial charge in [-0.3, -0.25) is 0 Å². The smallest absolute Gasteiger partial charge is 0.0640 e. The summed E-state index contributed by atoms with van der Waals surface area (Å²) in [6.45, 7) is 6.99. The van der Waals surface area contributed by atoms with Gasteiger partial charge >= 0.3 is 0 Å². The second kappa shape index (κ2) is 11.9. The summed E-state index contributed by atoms with van der Waals surface area (Å²) in [6.07, 6.45) is 16.7. The molecule has 3 aliphatic carbocycles. The Kier molecular flexibility index (Phi) is 8.91. The minimum Gasteiger partial charge on any atom is -0.393 e. The van der Waals surface area contributed by atoms with Crippen LogP contribution in [0.15, 0.2) is 0 Å². The Morgan fingerprint density at radius 2 is 1.47 bits per heavy atom. The van der Waals surface area contributed by atoms with Gasteiger partial charge in [0.1, 0.15) is 0 Å². The van der Waals surface area contributed by atoms with E-state index in [2.05, 4.69) is 11.8 Å². The average Bonchev–Trinajstić information content (AvgIpc) is 2.86. The van der Waals surface area contributed by atoms with Crippen molar-refractivity contribution in [3.05, 3.63) is 0 Å². The fourth-order valence-corrected chi connectivity index (χ4v) is 8.49. The summed E-state index contributed by atoms with van der Waals surface area (Å²) in [5, 5.41) is 20.5. The molecule has 2 saturated heterocycles. The third-order valence-electron chi connectivity index (χ3n) is 10.5. The molecule has 5 nitrogen and oxygen atoms in total. The van der Waals surface area contributed by atoms with Crippen LogP contribution in [0.1, 0.15) is 96.8 Å². The predicted molar refractivity (Wildman–Crippen MR) is 135 cm³/mol. The van der Waals surface area contributed by atoms with Gasteiger partial charge in [-0.25, -0.2) is 0 Å². The maximum Gasteiger partial charge on any atom is 0.0640 e. The Balaban J connectivity index is 1.18. The number of nitrogens with zero attached hydrogens (tertiary/aromatic N) is 1. The van der Waals surface area contributed by atoms with E-state index < -0.39 is 0 Å². The van der Waals surface area contributed by atoms with Crippen LogP contribution in [0.2, 0.25) is 0 Å². The number of rotatable bonds is 6. The van der Waals surface area contributed by atoms with Crippen LogP contribution in [0.25, 0.3) is 0 Å². The van der Waals surface area contributed by atoms with Crippen molar-refractivity contribution in [2.24, 2.45) is 29.6 Å².